The number of carbonyl (C=O) groups excluding carboxylic acids is 1. The van der Waals surface area contributed by atoms with Crippen molar-refractivity contribution in [1.82, 2.24) is 4.90 Å². The zero-order chi connectivity index (χ0) is 12.9. The molecule has 1 saturated heterocycles. The number of nitrogens with zero attached hydrogens (tertiary/aromatic N) is 1. The highest BCUT2D eigenvalue weighted by Gasteiger charge is 2.41. The van der Waals surface area contributed by atoms with Crippen molar-refractivity contribution >= 4 is 5.91 Å². The average molecular weight is 235 g/mol. The van der Waals surface area contributed by atoms with Gasteiger partial charge in [0.25, 0.3) is 0 Å². The molecule has 0 atom stereocenters. The zero-order valence-corrected chi connectivity index (χ0v) is 11.2. The lowest BCUT2D eigenvalue weighted by atomic mass is 9.73. The fraction of sp³-hybridized carbons (Fsp3) is 0.667. The Morgan fingerprint density at radius 3 is 2.41 bits per heavy atom. The summed E-state index contributed by atoms with van der Waals surface area (Å²) in [6.07, 6.45) is 7.36. The number of piperidine rings is 1. The number of hydrogen-bond acceptors (Lipinski definition) is 1. The summed E-state index contributed by atoms with van der Waals surface area (Å²) < 4.78 is 0. The minimum Gasteiger partial charge on any atom is -0.342 e. The SMILES string of the molecule is C=CCC1(CC=C)CCCN(CC(C)C)C1=O. The molecule has 1 fully saturated rings. The molecule has 0 N–H and O–H groups in total. The van der Waals surface area contributed by atoms with Gasteiger partial charge in [-0.3, -0.25) is 4.79 Å². The monoisotopic (exact) mass is 235 g/mol. The molecule has 1 rings (SSSR count). The molecule has 96 valence electrons. The molecule has 2 heteroatoms. The van der Waals surface area contributed by atoms with Gasteiger partial charge in [0, 0.05) is 13.1 Å². The second-order valence-electron chi connectivity index (χ2n) is 5.51. The standard InChI is InChI=1S/C15H25NO/c1-5-8-15(9-6-2)10-7-11-16(14(15)17)12-13(3)4/h5-6,13H,1-2,7-12H2,3-4H3. The average Bonchev–Trinajstić information content (AvgIpc) is 2.25. The molecule has 0 aromatic heterocycles. The Kier molecular flexibility index (Phi) is 4.98. The zero-order valence-electron chi connectivity index (χ0n) is 11.2. The van der Waals surface area contributed by atoms with Crippen LogP contribution in [0.4, 0.5) is 0 Å². The third kappa shape index (κ3) is 3.21. The summed E-state index contributed by atoms with van der Waals surface area (Å²) in [5, 5.41) is 0. The first kappa shape index (κ1) is 14.0. The van der Waals surface area contributed by atoms with E-state index in [2.05, 4.69) is 27.0 Å². The van der Waals surface area contributed by atoms with E-state index in [1.54, 1.807) is 0 Å². The highest BCUT2D eigenvalue weighted by atomic mass is 16.2. The summed E-state index contributed by atoms with van der Waals surface area (Å²) in [5.74, 6) is 0.833. The van der Waals surface area contributed by atoms with Gasteiger partial charge >= 0.3 is 0 Å². The van der Waals surface area contributed by atoms with Gasteiger partial charge in [0.1, 0.15) is 0 Å². The van der Waals surface area contributed by atoms with Crippen LogP contribution in [0.25, 0.3) is 0 Å². The van der Waals surface area contributed by atoms with Crippen molar-refractivity contribution in [1.29, 1.82) is 0 Å². The van der Waals surface area contributed by atoms with E-state index >= 15 is 0 Å². The van der Waals surface area contributed by atoms with E-state index in [1.807, 2.05) is 17.1 Å². The number of carbonyl (C=O) groups is 1. The number of hydrogen-bond donors (Lipinski definition) is 0. The molecule has 1 aliphatic rings. The topological polar surface area (TPSA) is 20.3 Å². The summed E-state index contributed by atoms with van der Waals surface area (Å²) >= 11 is 0. The highest BCUT2D eigenvalue weighted by molar-refractivity contribution is 5.84. The Labute approximate surface area is 105 Å². The van der Waals surface area contributed by atoms with Crippen LogP contribution in [0, 0.1) is 11.3 Å². The number of rotatable bonds is 6. The maximum Gasteiger partial charge on any atom is 0.229 e. The van der Waals surface area contributed by atoms with Crippen molar-refractivity contribution in [2.45, 2.75) is 39.5 Å². The molecule has 0 radical (unpaired) electrons. The smallest absolute Gasteiger partial charge is 0.229 e. The van der Waals surface area contributed by atoms with Gasteiger partial charge in [-0.1, -0.05) is 26.0 Å². The van der Waals surface area contributed by atoms with Crippen molar-refractivity contribution in [3.8, 4) is 0 Å². The minimum absolute atomic E-state index is 0.253. The fourth-order valence-electron chi connectivity index (χ4n) is 2.78. The largest absolute Gasteiger partial charge is 0.342 e. The van der Waals surface area contributed by atoms with Gasteiger partial charge in [-0.15, -0.1) is 13.2 Å². The molecule has 0 spiro atoms. The Balaban J connectivity index is 2.85. The van der Waals surface area contributed by atoms with Crippen LogP contribution in [0.1, 0.15) is 39.5 Å². The van der Waals surface area contributed by atoms with Crippen molar-refractivity contribution in [2.24, 2.45) is 11.3 Å². The molecular formula is C15H25NO. The number of likely N-dealkylation sites (tertiary alicyclic amines) is 1. The molecule has 1 amide bonds. The van der Waals surface area contributed by atoms with Crippen molar-refractivity contribution in [3.63, 3.8) is 0 Å². The number of allylic oxidation sites excluding steroid dienone is 2. The van der Waals surface area contributed by atoms with Crippen LogP contribution in [0.2, 0.25) is 0 Å². The van der Waals surface area contributed by atoms with E-state index in [9.17, 15) is 4.79 Å². The van der Waals surface area contributed by atoms with E-state index < -0.39 is 0 Å². The molecule has 0 bridgehead atoms. The van der Waals surface area contributed by atoms with Gasteiger partial charge in [0.15, 0.2) is 0 Å². The van der Waals surface area contributed by atoms with Crippen LogP contribution in [-0.2, 0) is 4.79 Å². The van der Waals surface area contributed by atoms with E-state index in [0.717, 1.165) is 38.8 Å². The minimum atomic E-state index is -0.253. The van der Waals surface area contributed by atoms with Crippen LogP contribution in [0.15, 0.2) is 25.3 Å². The molecule has 0 aromatic rings. The first-order valence-corrected chi connectivity index (χ1v) is 6.57. The number of amides is 1. The van der Waals surface area contributed by atoms with E-state index in [1.165, 1.54) is 0 Å². The third-order valence-electron chi connectivity index (χ3n) is 3.48. The Bertz CT molecular complexity index is 283. The Morgan fingerprint density at radius 2 is 1.94 bits per heavy atom. The van der Waals surface area contributed by atoms with Crippen molar-refractivity contribution < 1.29 is 4.79 Å². The molecule has 0 aliphatic carbocycles. The summed E-state index contributed by atoms with van der Waals surface area (Å²) in [6.45, 7) is 13.7. The summed E-state index contributed by atoms with van der Waals surface area (Å²) in [7, 11) is 0. The highest BCUT2D eigenvalue weighted by Crippen LogP contribution is 2.38. The third-order valence-corrected chi connectivity index (χ3v) is 3.48. The van der Waals surface area contributed by atoms with Gasteiger partial charge in [0.2, 0.25) is 5.91 Å². The van der Waals surface area contributed by atoms with Crippen LogP contribution in [-0.4, -0.2) is 23.9 Å². The molecule has 2 nitrogen and oxygen atoms in total. The maximum absolute atomic E-state index is 12.6. The fourth-order valence-corrected chi connectivity index (χ4v) is 2.78. The van der Waals surface area contributed by atoms with Gasteiger partial charge in [0.05, 0.1) is 5.41 Å². The van der Waals surface area contributed by atoms with Gasteiger partial charge < -0.3 is 4.90 Å². The first-order chi connectivity index (χ1) is 8.05. The molecule has 1 heterocycles. The van der Waals surface area contributed by atoms with Crippen LogP contribution < -0.4 is 0 Å². The molecule has 0 saturated carbocycles. The molecular weight excluding hydrogens is 210 g/mol. The van der Waals surface area contributed by atoms with Crippen LogP contribution in [0.5, 0.6) is 0 Å². The first-order valence-electron chi connectivity index (χ1n) is 6.57. The lowest BCUT2D eigenvalue weighted by Crippen LogP contribution is -2.49. The van der Waals surface area contributed by atoms with E-state index in [4.69, 9.17) is 0 Å². The second kappa shape index (κ2) is 6.04. The summed E-state index contributed by atoms with van der Waals surface area (Å²) in [6, 6.07) is 0. The quantitative estimate of drug-likeness (QED) is 0.646. The lowest BCUT2D eigenvalue weighted by molar-refractivity contribution is -0.146. The van der Waals surface area contributed by atoms with Crippen LogP contribution >= 0.6 is 0 Å². The predicted molar refractivity (Wildman–Crippen MR) is 72.7 cm³/mol. The molecule has 1 aliphatic heterocycles. The lowest BCUT2D eigenvalue weighted by Gasteiger charge is -2.41. The Hall–Kier alpha value is -1.05. The van der Waals surface area contributed by atoms with Gasteiger partial charge in [-0.2, -0.15) is 0 Å². The van der Waals surface area contributed by atoms with Crippen molar-refractivity contribution in [2.75, 3.05) is 13.1 Å². The van der Waals surface area contributed by atoms with Gasteiger partial charge in [-0.25, -0.2) is 0 Å². The molecule has 0 aromatic carbocycles. The van der Waals surface area contributed by atoms with Gasteiger partial charge in [-0.05, 0) is 31.6 Å². The van der Waals surface area contributed by atoms with Crippen molar-refractivity contribution in [3.05, 3.63) is 25.3 Å². The van der Waals surface area contributed by atoms with Crippen LogP contribution in [0.3, 0.4) is 0 Å². The Morgan fingerprint density at radius 1 is 1.35 bits per heavy atom. The second-order valence-corrected chi connectivity index (χ2v) is 5.51. The predicted octanol–water partition coefficient (Wildman–Crippen LogP) is 3.40. The van der Waals surface area contributed by atoms with E-state index in [0.29, 0.717) is 11.8 Å². The maximum atomic E-state index is 12.6. The summed E-state index contributed by atoms with van der Waals surface area (Å²) in [4.78, 5) is 14.6. The normalized spacial score (nSPS) is 19.5. The summed E-state index contributed by atoms with van der Waals surface area (Å²) in [5.41, 5.74) is -0.253. The molecule has 0 unspecified atom stereocenters. The van der Waals surface area contributed by atoms with E-state index in [-0.39, 0.29) is 5.41 Å². The molecule has 17 heavy (non-hydrogen) atoms.